The lowest BCUT2D eigenvalue weighted by atomic mass is 9.90. The summed E-state index contributed by atoms with van der Waals surface area (Å²) in [5.41, 5.74) is 2.35. The van der Waals surface area contributed by atoms with E-state index in [1.807, 2.05) is 0 Å². The minimum absolute atomic E-state index is 0.000556. The van der Waals surface area contributed by atoms with Crippen molar-refractivity contribution in [2.45, 2.75) is 64.0 Å². The molecule has 0 aromatic carbocycles. The number of rotatable bonds is 4. The lowest BCUT2D eigenvalue weighted by Gasteiger charge is -2.42. The van der Waals surface area contributed by atoms with Crippen molar-refractivity contribution < 1.29 is 4.79 Å². The van der Waals surface area contributed by atoms with Crippen molar-refractivity contribution in [3.8, 4) is 0 Å². The van der Waals surface area contributed by atoms with Crippen molar-refractivity contribution in [1.82, 2.24) is 10.3 Å². The predicted molar refractivity (Wildman–Crippen MR) is 68.1 cm³/mol. The largest absolute Gasteiger partial charge is 0.293 e. The molecular weight excluding hydrogens is 214 g/mol. The highest BCUT2D eigenvalue weighted by Gasteiger charge is 2.39. The monoisotopic (exact) mass is 239 g/mol. The molecule has 0 radical (unpaired) electrons. The maximum absolute atomic E-state index is 11.9. The summed E-state index contributed by atoms with van der Waals surface area (Å²) >= 11 is 0. The Morgan fingerprint density at radius 3 is 2.88 bits per heavy atom. The fraction of sp³-hybridized carbons (Fsp3) is 0.923. The van der Waals surface area contributed by atoms with Gasteiger partial charge in [0.15, 0.2) is 0 Å². The number of amides is 1. The zero-order valence-corrected chi connectivity index (χ0v) is 10.8. The van der Waals surface area contributed by atoms with Gasteiger partial charge in [0.25, 0.3) is 5.91 Å². The third-order valence-electron chi connectivity index (χ3n) is 4.44. The van der Waals surface area contributed by atoms with E-state index in [-0.39, 0.29) is 11.9 Å². The molecule has 1 aliphatic heterocycles. The highest BCUT2D eigenvalue weighted by molar-refractivity contribution is 5.81. The molecule has 3 atom stereocenters. The molecule has 1 saturated carbocycles. The average Bonchev–Trinajstić information content (AvgIpc) is 2.83. The minimum Gasteiger partial charge on any atom is -0.293 e. The summed E-state index contributed by atoms with van der Waals surface area (Å²) in [6, 6.07) is 0.633. The molecule has 0 aromatic rings. The number of nitrogens with two attached hydrogens (primary N) is 1. The number of likely N-dealkylation sites (tertiary alicyclic amines) is 1. The standard InChI is InChI=1S/C13H25N3O/c1-2-5-12(13(17)15-14)16-9-4-7-10-6-3-8-11(10)16/h10-12H,2-9,14H2,1H3,(H,15,17). The van der Waals surface area contributed by atoms with Gasteiger partial charge in [0.05, 0.1) is 6.04 Å². The molecule has 0 aromatic heterocycles. The molecule has 0 bridgehead atoms. The van der Waals surface area contributed by atoms with Crippen LogP contribution in [-0.2, 0) is 4.79 Å². The average molecular weight is 239 g/mol. The molecule has 2 aliphatic rings. The number of nitrogens with zero attached hydrogens (tertiary/aromatic N) is 1. The molecular formula is C13H25N3O. The van der Waals surface area contributed by atoms with Crippen molar-refractivity contribution >= 4 is 5.91 Å². The molecule has 3 unspecified atom stereocenters. The van der Waals surface area contributed by atoms with E-state index in [1.54, 1.807) is 0 Å². The number of hydrogen-bond donors (Lipinski definition) is 2. The highest BCUT2D eigenvalue weighted by Crippen LogP contribution is 2.38. The van der Waals surface area contributed by atoms with Crippen molar-refractivity contribution in [1.29, 1.82) is 0 Å². The number of hydrazine groups is 1. The summed E-state index contributed by atoms with van der Waals surface area (Å²) in [4.78, 5) is 14.3. The Kier molecular flexibility index (Phi) is 4.40. The normalized spacial score (nSPS) is 30.9. The van der Waals surface area contributed by atoms with E-state index in [0.29, 0.717) is 6.04 Å². The molecule has 4 nitrogen and oxygen atoms in total. The van der Waals surface area contributed by atoms with E-state index in [1.165, 1.54) is 32.1 Å². The molecule has 17 heavy (non-hydrogen) atoms. The lowest BCUT2D eigenvalue weighted by molar-refractivity contribution is -0.129. The first-order valence-electron chi connectivity index (χ1n) is 7.04. The number of nitrogens with one attached hydrogen (secondary N) is 1. The minimum atomic E-state index is -0.00380. The van der Waals surface area contributed by atoms with Gasteiger partial charge in [-0.05, 0) is 44.6 Å². The Bertz CT molecular complexity index is 269. The van der Waals surface area contributed by atoms with Crippen LogP contribution in [0.25, 0.3) is 0 Å². The Morgan fingerprint density at radius 1 is 1.41 bits per heavy atom. The zero-order valence-electron chi connectivity index (χ0n) is 10.8. The summed E-state index contributed by atoms with van der Waals surface area (Å²) in [5, 5.41) is 0. The number of piperidine rings is 1. The summed E-state index contributed by atoms with van der Waals surface area (Å²) in [6.45, 7) is 3.20. The second-order valence-electron chi connectivity index (χ2n) is 5.45. The number of carbonyl (C=O) groups excluding carboxylic acids is 1. The van der Waals surface area contributed by atoms with E-state index >= 15 is 0 Å². The van der Waals surface area contributed by atoms with Crippen molar-refractivity contribution in [3.63, 3.8) is 0 Å². The van der Waals surface area contributed by atoms with E-state index in [4.69, 9.17) is 5.84 Å². The van der Waals surface area contributed by atoms with Crippen molar-refractivity contribution in [3.05, 3.63) is 0 Å². The third-order valence-corrected chi connectivity index (χ3v) is 4.44. The Morgan fingerprint density at radius 2 is 2.18 bits per heavy atom. The van der Waals surface area contributed by atoms with Gasteiger partial charge in [-0.3, -0.25) is 15.1 Å². The van der Waals surface area contributed by atoms with Crippen LogP contribution >= 0.6 is 0 Å². The quantitative estimate of drug-likeness (QED) is 0.443. The van der Waals surface area contributed by atoms with Crippen LogP contribution in [0.4, 0.5) is 0 Å². The van der Waals surface area contributed by atoms with Gasteiger partial charge in [-0.2, -0.15) is 0 Å². The maximum Gasteiger partial charge on any atom is 0.251 e. The van der Waals surface area contributed by atoms with Crippen LogP contribution in [0.15, 0.2) is 0 Å². The van der Waals surface area contributed by atoms with Gasteiger partial charge in [-0.15, -0.1) is 0 Å². The topological polar surface area (TPSA) is 58.4 Å². The molecule has 1 saturated heterocycles. The Hall–Kier alpha value is -0.610. The van der Waals surface area contributed by atoms with Gasteiger partial charge in [0.2, 0.25) is 0 Å². The second kappa shape index (κ2) is 5.83. The first kappa shape index (κ1) is 12.8. The van der Waals surface area contributed by atoms with Gasteiger partial charge < -0.3 is 0 Å². The summed E-state index contributed by atoms with van der Waals surface area (Å²) in [7, 11) is 0. The second-order valence-corrected chi connectivity index (χ2v) is 5.45. The Labute approximate surface area is 104 Å². The lowest BCUT2D eigenvalue weighted by Crippen LogP contribution is -2.55. The van der Waals surface area contributed by atoms with E-state index in [9.17, 15) is 4.79 Å². The van der Waals surface area contributed by atoms with Gasteiger partial charge in [0, 0.05) is 6.04 Å². The van der Waals surface area contributed by atoms with Crippen molar-refractivity contribution in [2.24, 2.45) is 11.8 Å². The van der Waals surface area contributed by atoms with Crippen LogP contribution in [0.3, 0.4) is 0 Å². The fourth-order valence-electron chi connectivity index (χ4n) is 3.70. The number of hydrogen-bond acceptors (Lipinski definition) is 3. The summed E-state index contributed by atoms with van der Waals surface area (Å²) < 4.78 is 0. The molecule has 3 N–H and O–H groups in total. The van der Waals surface area contributed by atoms with Gasteiger partial charge in [0.1, 0.15) is 0 Å². The molecule has 98 valence electrons. The SMILES string of the molecule is CCCC(C(=O)NN)N1CCCC2CCCC21. The van der Waals surface area contributed by atoms with Crippen LogP contribution in [-0.4, -0.2) is 29.4 Å². The first-order chi connectivity index (χ1) is 8.27. The predicted octanol–water partition coefficient (Wildman–Crippen LogP) is 1.41. The molecule has 1 aliphatic carbocycles. The summed E-state index contributed by atoms with van der Waals surface area (Å²) in [6.07, 6.45) is 8.49. The number of fused-ring (bicyclic) bond motifs is 1. The van der Waals surface area contributed by atoms with Crippen LogP contribution in [0, 0.1) is 5.92 Å². The first-order valence-corrected chi connectivity index (χ1v) is 7.04. The zero-order chi connectivity index (χ0) is 12.3. The smallest absolute Gasteiger partial charge is 0.251 e. The van der Waals surface area contributed by atoms with Gasteiger partial charge in [-0.1, -0.05) is 19.8 Å². The Balaban J connectivity index is 2.08. The van der Waals surface area contributed by atoms with E-state index in [2.05, 4.69) is 17.2 Å². The van der Waals surface area contributed by atoms with Crippen molar-refractivity contribution in [2.75, 3.05) is 6.54 Å². The van der Waals surface area contributed by atoms with E-state index in [0.717, 1.165) is 25.3 Å². The van der Waals surface area contributed by atoms with Crippen LogP contribution in [0.5, 0.6) is 0 Å². The number of carbonyl (C=O) groups is 1. The molecule has 1 amide bonds. The van der Waals surface area contributed by atoms with Crippen LogP contribution in [0.2, 0.25) is 0 Å². The maximum atomic E-state index is 11.9. The highest BCUT2D eigenvalue weighted by atomic mass is 16.2. The molecule has 2 fully saturated rings. The summed E-state index contributed by atoms with van der Waals surface area (Å²) in [5.74, 6) is 6.15. The van der Waals surface area contributed by atoms with E-state index < -0.39 is 0 Å². The molecule has 1 heterocycles. The van der Waals surface area contributed by atoms with Gasteiger partial charge in [-0.25, -0.2) is 5.84 Å². The van der Waals surface area contributed by atoms with Crippen LogP contribution < -0.4 is 11.3 Å². The fourth-order valence-corrected chi connectivity index (χ4v) is 3.70. The van der Waals surface area contributed by atoms with Crippen LogP contribution in [0.1, 0.15) is 51.9 Å². The third kappa shape index (κ3) is 2.63. The molecule has 0 spiro atoms. The van der Waals surface area contributed by atoms with Gasteiger partial charge >= 0.3 is 0 Å². The molecule has 4 heteroatoms. The molecule has 2 rings (SSSR count).